The number of nitrogens with two attached hydrogens (primary N) is 1. The molecule has 0 spiro atoms. The van der Waals surface area contributed by atoms with Crippen molar-refractivity contribution in [3.8, 4) is 0 Å². The lowest BCUT2D eigenvalue weighted by atomic mass is 10.0. The molecule has 0 saturated carbocycles. The number of aryl methyl sites for hydroxylation is 1. The molecule has 6 nitrogen and oxygen atoms in total. The van der Waals surface area contributed by atoms with Crippen LogP contribution in [-0.4, -0.2) is 43.0 Å². The first-order valence-electron chi connectivity index (χ1n) is 9.16. The van der Waals surface area contributed by atoms with E-state index in [1.807, 2.05) is 37.3 Å². The minimum Gasteiger partial charge on any atom is -0.399 e. The largest absolute Gasteiger partial charge is 0.399 e. The first-order valence-corrected chi connectivity index (χ1v) is 9.16. The Morgan fingerprint density at radius 2 is 1.82 bits per heavy atom. The van der Waals surface area contributed by atoms with Crippen LogP contribution in [0.1, 0.15) is 27.9 Å². The van der Waals surface area contributed by atoms with Crippen molar-refractivity contribution in [3.05, 3.63) is 59.2 Å². The van der Waals surface area contributed by atoms with Crippen LogP contribution in [-0.2, 0) is 16.0 Å². The van der Waals surface area contributed by atoms with E-state index in [1.165, 1.54) is 0 Å². The molecule has 7 heteroatoms. The molecule has 0 bridgehead atoms. The zero-order valence-corrected chi connectivity index (χ0v) is 16.8. The van der Waals surface area contributed by atoms with Gasteiger partial charge in [0.2, 0.25) is 5.91 Å². The molecule has 3 N–H and O–H groups in total. The zero-order chi connectivity index (χ0) is 19.2. The van der Waals surface area contributed by atoms with Gasteiger partial charge in [-0.05, 0) is 42.7 Å². The van der Waals surface area contributed by atoms with Gasteiger partial charge in [-0.3, -0.25) is 9.59 Å². The SMILES string of the molecule is Cc1c(NC(=O)CCc2ccccc2N)cccc1C(=O)N1CCOCC1.Cl. The maximum atomic E-state index is 12.8. The molecule has 150 valence electrons. The Kier molecular flexibility index (Phi) is 7.84. The van der Waals surface area contributed by atoms with Gasteiger partial charge in [0, 0.05) is 36.4 Å². The van der Waals surface area contributed by atoms with E-state index in [2.05, 4.69) is 5.32 Å². The van der Waals surface area contributed by atoms with Crippen LogP contribution in [0.15, 0.2) is 42.5 Å². The van der Waals surface area contributed by atoms with E-state index in [9.17, 15) is 9.59 Å². The lowest BCUT2D eigenvalue weighted by molar-refractivity contribution is -0.116. The number of para-hydroxylation sites is 1. The molecule has 1 aliphatic heterocycles. The number of nitrogens with zero attached hydrogens (tertiary/aromatic N) is 1. The van der Waals surface area contributed by atoms with Crippen molar-refractivity contribution in [2.75, 3.05) is 37.4 Å². The quantitative estimate of drug-likeness (QED) is 0.751. The fraction of sp³-hybridized carbons (Fsp3) is 0.333. The fourth-order valence-corrected chi connectivity index (χ4v) is 3.16. The van der Waals surface area contributed by atoms with Crippen LogP contribution in [0, 0.1) is 6.92 Å². The third-order valence-corrected chi connectivity index (χ3v) is 4.81. The second kappa shape index (κ2) is 10.1. The number of amides is 2. The molecule has 0 aliphatic carbocycles. The van der Waals surface area contributed by atoms with Gasteiger partial charge in [0.15, 0.2) is 0 Å². The highest BCUT2D eigenvalue weighted by Gasteiger charge is 2.21. The van der Waals surface area contributed by atoms with Crippen LogP contribution in [0.5, 0.6) is 0 Å². The normalized spacial score (nSPS) is 13.5. The molecule has 0 aromatic heterocycles. The van der Waals surface area contributed by atoms with Gasteiger partial charge in [-0.1, -0.05) is 24.3 Å². The zero-order valence-electron chi connectivity index (χ0n) is 15.9. The van der Waals surface area contributed by atoms with E-state index in [-0.39, 0.29) is 24.2 Å². The van der Waals surface area contributed by atoms with E-state index in [4.69, 9.17) is 10.5 Å². The highest BCUT2D eigenvalue weighted by atomic mass is 35.5. The standard InChI is InChI=1S/C21H25N3O3.ClH/c1-15-17(21(26)24-11-13-27-14-12-24)6-4-8-19(15)23-20(25)10-9-16-5-2-3-7-18(16)22;/h2-8H,9-14,22H2,1H3,(H,23,25);1H. The van der Waals surface area contributed by atoms with E-state index >= 15 is 0 Å². The van der Waals surface area contributed by atoms with Gasteiger partial charge in [0.05, 0.1) is 13.2 Å². The maximum Gasteiger partial charge on any atom is 0.254 e. The molecular weight excluding hydrogens is 378 g/mol. The summed E-state index contributed by atoms with van der Waals surface area (Å²) in [5, 5.41) is 2.92. The number of carbonyl (C=O) groups excluding carboxylic acids is 2. The number of halogens is 1. The van der Waals surface area contributed by atoms with Gasteiger partial charge in [-0.15, -0.1) is 12.4 Å². The molecule has 0 unspecified atom stereocenters. The van der Waals surface area contributed by atoms with E-state index in [0.29, 0.717) is 56.1 Å². The van der Waals surface area contributed by atoms with Gasteiger partial charge >= 0.3 is 0 Å². The highest BCUT2D eigenvalue weighted by molar-refractivity contribution is 5.99. The Hall–Kier alpha value is -2.57. The summed E-state index contributed by atoms with van der Waals surface area (Å²) in [5.41, 5.74) is 9.64. The molecule has 2 aromatic carbocycles. The van der Waals surface area contributed by atoms with Crippen LogP contribution < -0.4 is 11.1 Å². The van der Waals surface area contributed by atoms with Gasteiger partial charge < -0.3 is 20.7 Å². The number of nitrogens with one attached hydrogen (secondary N) is 1. The Balaban J connectivity index is 0.00000280. The maximum absolute atomic E-state index is 12.8. The predicted octanol–water partition coefficient (Wildman–Crippen LogP) is 3.04. The minimum atomic E-state index is -0.0997. The lowest BCUT2D eigenvalue weighted by Gasteiger charge is -2.27. The molecule has 1 fully saturated rings. The van der Waals surface area contributed by atoms with Crippen molar-refractivity contribution in [1.82, 2.24) is 4.90 Å². The number of hydrogen-bond donors (Lipinski definition) is 2. The summed E-state index contributed by atoms with van der Waals surface area (Å²) < 4.78 is 5.30. The van der Waals surface area contributed by atoms with Gasteiger partial charge in [0.1, 0.15) is 0 Å². The smallest absolute Gasteiger partial charge is 0.254 e. The summed E-state index contributed by atoms with van der Waals surface area (Å²) in [6.07, 6.45) is 0.902. The topological polar surface area (TPSA) is 84.7 Å². The Labute approximate surface area is 171 Å². The summed E-state index contributed by atoms with van der Waals surface area (Å²) in [6, 6.07) is 13.0. The van der Waals surface area contributed by atoms with E-state index in [0.717, 1.165) is 11.1 Å². The molecule has 1 heterocycles. The summed E-state index contributed by atoms with van der Waals surface area (Å²) >= 11 is 0. The van der Waals surface area contributed by atoms with E-state index in [1.54, 1.807) is 17.0 Å². The average molecular weight is 404 g/mol. The third kappa shape index (κ3) is 5.24. The van der Waals surface area contributed by atoms with E-state index < -0.39 is 0 Å². The highest BCUT2D eigenvalue weighted by Crippen LogP contribution is 2.21. The third-order valence-electron chi connectivity index (χ3n) is 4.81. The molecule has 1 aliphatic rings. The molecule has 3 rings (SSSR count). The second-order valence-corrected chi connectivity index (χ2v) is 6.63. The second-order valence-electron chi connectivity index (χ2n) is 6.63. The van der Waals surface area contributed by atoms with Gasteiger partial charge in [-0.25, -0.2) is 0 Å². The van der Waals surface area contributed by atoms with Crippen LogP contribution in [0.2, 0.25) is 0 Å². The predicted molar refractivity (Wildman–Crippen MR) is 113 cm³/mol. The molecule has 2 aromatic rings. The Morgan fingerprint density at radius 1 is 1.11 bits per heavy atom. The first-order chi connectivity index (χ1) is 13.1. The fourth-order valence-electron chi connectivity index (χ4n) is 3.16. The number of anilines is 2. The number of carbonyl (C=O) groups is 2. The molecule has 28 heavy (non-hydrogen) atoms. The molecular formula is C21H26ClN3O3. The van der Waals surface area contributed by atoms with Crippen LogP contribution in [0.4, 0.5) is 11.4 Å². The summed E-state index contributed by atoms with van der Waals surface area (Å²) in [7, 11) is 0. The summed E-state index contributed by atoms with van der Waals surface area (Å²) in [6.45, 7) is 4.16. The number of rotatable bonds is 5. The van der Waals surface area contributed by atoms with Crippen LogP contribution >= 0.6 is 12.4 Å². The van der Waals surface area contributed by atoms with Crippen molar-refractivity contribution in [3.63, 3.8) is 0 Å². The van der Waals surface area contributed by atoms with Gasteiger partial charge in [0.25, 0.3) is 5.91 Å². The summed E-state index contributed by atoms with van der Waals surface area (Å²) in [5.74, 6) is -0.124. The minimum absolute atomic E-state index is 0. The molecule has 0 radical (unpaired) electrons. The Morgan fingerprint density at radius 3 is 2.54 bits per heavy atom. The van der Waals surface area contributed by atoms with Crippen molar-refractivity contribution >= 4 is 35.6 Å². The van der Waals surface area contributed by atoms with Crippen LogP contribution in [0.3, 0.4) is 0 Å². The van der Waals surface area contributed by atoms with Crippen molar-refractivity contribution in [2.24, 2.45) is 0 Å². The molecule has 2 amide bonds. The lowest BCUT2D eigenvalue weighted by Crippen LogP contribution is -2.41. The van der Waals surface area contributed by atoms with Crippen LogP contribution in [0.25, 0.3) is 0 Å². The number of ether oxygens (including phenoxy) is 1. The first kappa shape index (κ1) is 21.7. The number of benzene rings is 2. The van der Waals surface area contributed by atoms with Crippen molar-refractivity contribution in [1.29, 1.82) is 0 Å². The molecule has 0 atom stereocenters. The number of nitrogen functional groups attached to an aromatic ring is 1. The molecule has 1 saturated heterocycles. The monoisotopic (exact) mass is 403 g/mol. The van der Waals surface area contributed by atoms with Crippen molar-refractivity contribution < 1.29 is 14.3 Å². The van der Waals surface area contributed by atoms with Crippen molar-refractivity contribution in [2.45, 2.75) is 19.8 Å². The Bertz CT molecular complexity index is 835. The van der Waals surface area contributed by atoms with Gasteiger partial charge in [-0.2, -0.15) is 0 Å². The number of hydrogen-bond acceptors (Lipinski definition) is 4. The number of morpholine rings is 1. The average Bonchev–Trinajstić information content (AvgIpc) is 2.69. The summed E-state index contributed by atoms with van der Waals surface area (Å²) in [4.78, 5) is 26.9.